The second kappa shape index (κ2) is 5.66. The van der Waals surface area contributed by atoms with Gasteiger partial charge in [0.05, 0.1) is 4.88 Å². The van der Waals surface area contributed by atoms with Gasteiger partial charge in [-0.2, -0.15) is 0 Å². The van der Waals surface area contributed by atoms with Crippen LogP contribution in [-0.4, -0.2) is 33.9 Å². The Morgan fingerprint density at radius 3 is 2.80 bits per heavy atom. The van der Waals surface area contributed by atoms with Gasteiger partial charge in [-0.1, -0.05) is 0 Å². The van der Waals surface area contributed by atoms with Crippen LogP contribution in [0, 0.1) is 5.82 Å². The Morgan fingerprint density at radius 1 is 1.25 bits per heavy atom. The van der Waals surface area contributed by atoms with Crippen LogP contribution in [0.3, 0.4) is 0 Å². The summed E-state index contributed by atoms with van der Waals surface area (Å²) >= 11 is 1.20. The van der Waals surface area contributed by atoms with E-state index in [0.29, 0.717) is 9.88 Å². The van der Waals surface area contributed by atoms with Gasteiger partial charge < -0.3 is 4.90 Å². The Balaban J connectivity index is 1.83. The van der Waals surface area contributed by atoms with Gasteiger partial charge in [-0.05, 0) is 31.4 Å². The summed E-state index contributed by atoms with van der Waals surface area (Å²) in [4.78, 5) is 22.8. The molecule has 2 aromatic rings. The molecule has 1 aliphatic rings. The summed E-state index contributed by atoms with van der Waals surface area (Å²) < 4.78 is 13.7. The molecule has 0 unspecified atom stereocenters. The van der Waals surface area contributed by atoms with E-state index in [1.807, 2.05) is 4.90 Å². The molecule has 6 heteroatoms. The maximum Gasteiger partial charge on any atom is 0.282 e. The van der Waals surface area contributed by atoms with Gasteiger partial charge in [0.25, 0.3) is 5.91 Å². The molecule has 0 spiro atoms. The van der Waals surface area contributed by atoms with Crippen LogP contribution < -0.4 is 0 Å². The molecule has 3 rings (SSSR count). The lowest BCUT2D eigenvalue weighted by molar-refractivity contribution is 0.0724. The lowest BCUT2D eigenvalue weighted by Crippen LogP contribution is -2.35. The maximum atomic E-state index is 13.7. The Bertz CT molecular complexity index is 622. The van der Waals surface area contributed by atoms with Crippen molar-refractivity contribution in [2.24, 2.45) is 0 Å². The summed E-state index contributed by atoms with van der Waals surface area (Å²) in [6.07, 6.45) is 6.31. The van der Waals surface area contributed by atoms with Crippen molar-refractivity contribution >= 4 is 17.2 Å². The number of amides is 1. The minimum Gasteiger partial charge on any atom is -0.337 e. The largest absolute Gasteiger partial charge is 0.337 e. The Hall–Kier alpha value is -1.82. The molecular formula is C14H14FN3OS. The number of likely N-dealkylation sites (tertiary alicyclic amines) is 1. The third kappa shape index (κ3) is 2.56. The van der Waals surface area contributed by atoms with Crippen molar-refractivity contribution in [2.45, 2.75) is 19.3 Å². The molecule has 3 heterocycles. The summed E-state index contributed by atoms with van der Waals surface area (Å²) in [5, 5.41) is 0.409. The van der Waals surface area contributed by atoms with E-state index in [-0.39, 0.29) is 11.6 Å². The molecule has 2 aromatic heterocycles. The van der Waals surface area contributed by atoms with Crippen LogP contribution in [0.15, 0.2) is 24.5 Å². The van der Waals surface area contributed by atoms with Crippen LogP contribution in [0.25, 0.3) is 10.6 Å². The van der Waals surface area contributed by atoms with Gasteiger partial charge >= 0.3 is 0 Å². The number of nitrogens with zero attached hydrogens (tertiary/aromatic N) is 3. The standard InChI is InChI=1S/C14H14FN3OS/c15-10-5-4-6-16-12(10)11-9-17-13(20-11)14(19)18-7-2-1-3-8-18/h4-6,9H,1-3,7-8H2. The number of piperidine rings is 1. The van der Waals surface area contributed by atoms with Crippen molar-refractivity contribution in [2.75, 3.05) is 13.1 Å². The van der Waals surface area contributed by atoms with Crippen LogP contribution in [0.1, 0.15) is 29.1 Å². The molecule has 0 saturated carbocycles. The van der Waals surface area contributed by atoms with Gasteiger partial charge in [0, 0.05) is 25.5 Å². The molecule has 20 heavy (non-hydrogen) atoms. The number of pyridine rings is 1. The highest BCUT2D eigenvalue weighted by Gasteiger charge is 2.22. The van der Waals surface area contributed by atoms with Crippen molar-refractivity contribution in [1.82, 2.24) is 14.9 Å². The smallest absolute Gasteiger partial charge is 0.282 e. The van der Waals surface area contributed by atoms with Crippen LogP contribution in [0.4, 0.5) is 4.39 Å². The summed E-state index contributed by atoms with van der Waals surface area (Å²) in [5.41, 5.74) is 0.252. The average Bonchev–Trinajstić information content (AvgIpc) is 2.97. The fourth-order valence-electron chi connectivity index (χ4n) is 2.28. The molecule has 0 N–H and O–H groups in total. The summed E-state index contributed by atoms with van der Waals surface area (Å²) in [6.45, 7) is 1.57. The molecule has 1 fully saturated rings. The highest BCUT2D eigenvalue weighted by molar-refractivity contribution is 7.16. The van der Waals surface area contributed by atoms with Gasteiger partial charge in [0.15, 0.2) is 5.01 Å². The fraction of sp³-hybridized carbons (Fsp3) is 0.357. The zero-order valence-electron chi connectivity index (χ0n) is 10.9. The lowest BCUT2D eigenvalue weighted by Gasteiger charge is -2.25. The first-order valence-corrected chi connectivity index (χ1v) is 7.43. The maximum absolute atomic E-state index is 13.7. The van der Waals surface area contributed by atoms with E-state index in [2.05, 4.69) is 9.97 Å². The van der Waals surface area contributed by atoms with Gasteiger partial charge in [-0.3, -0.25) is 9.78 Å². The van der Waals surface area contributed by atoms with Crippen molar-refractivity contribution < 1.29 is 9.18 Å². The first-order chi connectivity index (χ1) is 9.75. The van der Waals surface area contributed by atoms with E-state index in [1.54, 1.807) is 6.07 Å². The first-order valence-electron chi connectivity index (χ1n) is 6.62. The van der Waals surface area contributed by atoms with E-state index in [9.17, 15) is 9.18 Å². The summed E-state index contributed by atoms with van der Waals surface area (Å²) in [6, 6.07) is 2.90. The zero-order chi connectivity index (χ0) is 13.9. The minimum atomic E-state index is -0.395. The normalized spacial score (nSPS) is 15.3. The number of aromatic nitrogens is 2. The highest BCUT2D eigenvalue weighted by Crippen LogP contribution is 2.27. The second-order valence-electron chi connectivity index (χ2n) is 4.72. The molecule has 4 nitrogen and oxygen atoms in total. The third-order valence-electron chi connectivity index (χ3n) is 3.32. The van der Waals surface area contributed by atoms with Crippen molar-refractivity contribution in [3.8, 4) is 10.6 Å². The molecule has 0 aromatic carbocycles. The minimum absolute atomic E-state index is 0.0581. The van der Waals surface area contributed by atoms with Gasteiger partial charge in [0.2, 0.25) is 0 Å². The monoisotopic (exact) mass is 291 g/mol. The number of carbonyl (C=O) groups is 1. The number of rotatable bonds is 2. The summed E-state index contributed by atoms with van der Waals surface area (Å²) in [7, 11) is 0. The Kier molecular flexibility index (Phi) is 3.73. The molecule has 0 bridgehead atoms. The molecule has 0 atom stereocenters. The van der Waals surface area contributed by atoms with Gasteiger partial charge in [-0.25, -0.2) is 9.37 Å². The molecule has 1 aliphatic heterocycles. The second-order valence-corrected chi connectivity index (χ2v) is 5.75. The van der Waals surface area contributed by atoms with Crippen LogP contribution in [0.2, 0.25) is 0 Å². The average molecular weight is 291 g/mol. The SMILES string of the molecule is O=C(c1ncc(-c2ncccc2F)s1)N1CCCCC1. The predicted molar refractivity (Wildman–Crippen MR) is 75.1 cm³/mol. The number of halogens is 1. The van der Waals surface area contributed by atoms with E-state index >= 15 is 0 Å². The predicted octanol–water partition coefficient (Wildman–Crippen LogP) is 2.97. The highest BCUT2D eigenvalue weighted by atomic mass is 32.1. The first kappa shape index (κ1) is 13.2. The topological polar surface area (TPSA) is 46.1 Å². The van der Waals surface area contributed by atoms with Crippen LogP contribution in [-0.2, 0) is 0 Å². The number of hydrogen-bond donors (Lipinski definition) is 0. The molecule has 0 aliphatic carbocycles. The number of hydrogen-bond acceptors (Lipinski definition) is 4. The van der Waals surface area contributed by atoms with Gasteiger partial charge in [-0.15, -0.1) is 11.3 Å². The lowest BCUT2D eigenvalue weighted by atomic mass is 10.1. The van der Waals surface area contributed by atoms with Crippen LogP contribution in [0.5, 0.6) is 0 Å². The van der Waals surface area contributed by atoms with E-state index in [4.69, 9.17) is 0 Å². The fourth-order valence-corrected chi connectivity index (χ4v) is 3.16. The van der Waals surface area contributed by atoms with E-state index in [1.165, 1.54) is 36.2 Å². The van der Waals surface area contributed by atoms with Crippen molar-refractivity contribution in [1.29, 1.82) is 0 Å². The zero-order valence-corrected chi connectivity index (χ0v) is 11.7. The van der Waals surface area contributed by atoms with E-state index < -0.39 is 5.82 Å². The molecule has 104 valence electrons. The number of thiazole rings is 1. The number of carbonyl (C=O) groups excluding carboxylic acids is 1. The molecular weight excluding hydrogens is 277 g/mol. The molecule has 1 amide bonds. The molecule has 1 saturated heterocycles. The quantitative estimate of drug-likeness (QED) is 0.854. The third-order valence-corrected chi connectivity index (χ3v) is 4.32. The van der Waals surface area contributed by atoms with Crippen molar-refractivity contribution in [3.05, 3.63) is 35.4 Å². The summed E-state index contributed by atoms with van der Waals surface area (Å²) in [5.74, 6) is -0.453. The Labute approximate surface area is 120 Å². The van der Waals surface area contributed by atoms with Crippen molar-refractivity contribution in [3.63, 3.8) is 0 Å². The Morgan fingerprint density at radius 2 is 2.05 bits per heavy atom. The van der Waals surface area contributed by atoms with E-state index in [0.717, 1.165) is 25.9 Å². The van der Waals surface area contributed by atoms with Crippen LogP contribution >= 0.6 is 11.3 Å². The van der Waals surface area contributed by atoms with Gasteiger partial charge in [0.1, 0.15) is 11.5 Å². The molecule has 0 radical (unpaired) electrons.